The predicted octanol–water partition coefficient (Wildman–Crippen LogP) is 4.83. The van der Waals surface area contributed by atoms with Crippen LogP contribution in [0.1, 0.15) is 44.1 Å². The molecule has 0 aromatic heterocycles. The molecule has 29 heavy (non-hydrogen) atoms. The van der Waals surface area contributed by atoms with E-state index in [1.807, 2.05) is 12.1 Å². The van der Waals surface area contributed by atoms with Crippen LogP contribution < -0.4 is 0 Å². The maximum absolute atomic E-state index is 13.4. The monoisotopic (exact) mass is 419 g/mol. The van der Waals surface area contributed by atoms with Gasteiger partial charge < -0.3 is 4.90 Å². The van der Waals surface area contributed by atoms with Gasteiger partial charge in [0.1, 0.15) is 5.82 Å². The van der Waals surface area contributed by atoms with Crippen molar-refractivity contribution in [3.05, 3.63) is 66.0 Å². The normalized spacial score (nSPS) is 20.6. The van der Waals surface area contributed by atoms with Gasteiger partial charge in [-0.25, -0.2) is 4.39 Å². The molecule has 2 aromatic rings. The Morgan fingerprint density at radius 3 is 2.48 bits per heavy atom. The van der Waals surface area contributed by atoms with Gasteiger partial charge in [0.25, 0.3) is 10.1 Å². The van der Waals surface area contributed by atoms with Gasteiger partial charge in [-0.05, 0) is 61.7 Å². The van der Waals surface area contributed by atoms with E-state index in [0.29, 0.717) is 0 Å². The van der Waals surface area contributed by atoms with Crippen LogP contribution in [0, 0.1) is 11.7 Å². The summed E-state index contributed by atoms with van der Waals surface area (Å²) >= 11 is 0. The number of unbranched alkanes of at least 4 members (excludes halogenated alkanes) is 2. The molecule has 6 heteroatoms. The molecule has 158 valence electrons. The van der Waals surface area contributed by atoms with Crippen molar-refractivity contribution in [3.8, 4) is 0 Å². The minimum absolute atomic E-state index is 0.0364. The molecule has 1 aliphatic rings. The lowest BCUT2D eigenvalue weighted by molar-refractivity contribution is 0.112. The zero-order chi connectivity index (χ0) is 20.7. The van der Waals surface area contributed by atoms with Crippen LogP contribution in [-0.2, 0) is 14.3 Å². The number of piperidine rings is 1. The summed E-state index contributed by atoms with van der Waals surface area (Å²) in [6.07, 6.45) is 4.43. The first-order valence-corrected chi connectivity index (χ1v) is 11.8. The zero-order valence-electron chi connectivity index (χ0n) is 17.0. The van der Waals surface area contributed by atoms with Gasteiger partial charge in [-0.3, -0.25) is 4.18 Å². The number of hydrogen-bond acceptors (Lipinski definition) is 4. The Balaban J connectivity index is 1.72. The highest BCUT2D eigenvalue weighted by Gasteiger charge is 2.32. The van der Waals surface area contributed by atoms with Crippen molar-refractivity contribution < 1.29 is 17.0 Å². The second-order valence-electron chi connectivity index (χ2n) is 7.77. The molecule has 3 rings (SSSR count). The lowest BCUT2D eigenvalue weighted by atomic mass is 9.81. The Morgan fingerprint density at radius 1 is 1.07 bits per heavy atom. The number of likely N-dealkylation sites (tertiary alicyclic amines) is 1. The number of rotatable bonds is 9. The van der Waals surface area contributed by atoms with Gasteiger partial charge in [-0.15, -0.1) is 0 Å². The smallest absolute Gasteiger partial charge is 0.296 e. The number of halogens is 1. The molecule has 1 saturated heterocycles. The van der Waals surface area contributed by atoms with Crippen LogP contribution in [0.4, 0.5) is 4.39 Å². The SMILES string of the molecule is CCCCCN1CC[C@H](c2ccc(F)cc2)[C@H](COS(=O)(=O)c2ccccc2)C1. The summed E-state index contributed by atoms with van der Waals surface area (Å²) in [7, 11) is -3.79. The second-order valence-corrected chi connectivity index (χ2v) is 9.38. The summed E-state index contributed by atoms with van der Waals surface area (Å²) in [6, 6.07) is 14.8. The molecule has 0 spiro atoms. The van der Waals surface area contributed by atoms with Crippen LogP contribution in [0.3, 0.4) is 0 Å². The third-order valence-electron chi connectivity index (χ3n) is 5.66. The van der Waals surface area contributed by atoms with E-state index >= 15 is 0 Å². The van der Waals surface area contributed by atoms with E-state index in [0.717, 1.165) is 38.0 Å². The minimum atomic E-state index is -3.79. The van der Waals surface area contributed by atoms with E-state index in [4.69, 9.17) is 4.18 Å². The third-order valence-corrected chi connectivity index (χ3v) is 6.96. The van der Waals surface area contributed by atoms with Crippen molar-refractivity contribution in [1.82, 2.24) is 4.90 Å². The third kappa shape index (κ3) is 6.11. The van der Waals surface area contributed by atoms with Crippen LogP contribution in [0.5, 0.6) is 0 Å². The minimum Gasteiger partial charge on any atom is -0.303 e. The molecular formula is C23H30FNO3S. The first-order chi connectivity index (χ1) is 14.0. The molecule has 4 nitrogen and oxygen atoms in total. The van der Waals surface area contributed by atoms with Gasteiger partial charge in [-0.1, -0.05) is 50.1 Å². The van der Waals surface area contributed by atoms with Gasteiger partial charge in [0.05, 0.1) is 11.5 Å². The van der Waals surface area contributed by atoms with E-state index in [1.165, 1.54) is 25.0 Å². The summed E-state index contributed by atoms with van der Waals surface area (Å²) in [5.41, 5.74) is 1.05. The molecule has 0 bridgehead atoms. The summed E-state index contributed by atoms with van der Waals surface area (Å²) < 4.78 is 44.0. The van der Waals surface area contributed by atoms with Crippen LogP contribution in [0.2, 0.25) is 0 Å². The van der Waals surface area contributed by atoms with Gasteiger partial charge in [0, 0.05) is 12.5 Å². The van der Waals surface area contributed by atoms with Crippen molar-refractivity contribution in [2.24, 2.45) is 5.92 Å². The van der Waals surface area contributed by atoms with Crippen molar-refractivity contribution in [2.45, 2.75) is 43.4 Å². The van der Waals surface area contributed by atoms with Crippen molar-refractivity contribution in [2.75, 3.05) is 26.2 Å². The zero-order valence-corrected chi connectivity index (χ0v) is 17.8. The van der Waals surface area contributed by atoms with Crippen LogP contribution in [-0.4, -0.2) is 39.6 Å². The fourth-order valence-electron chi connectivity index (χ4n) is 4.05. The number of hydrogen-bond donors (Lipinski definition) is 0. The van der Waals surface area contributed by atoms with Crippen molar-refractivity contribution >= 4 is 10.1 Å². The highest BCUT2D eigenvalue weighted by molar-refractivity contribution is 7.86. The Hall–Kier alpha value is -1.76. The van der Waals surface area contributed by atoms with Gasteiger partial charge in [0.2, 0.25) is 0 Å². The van der Waals surface area contributed by atoms with E-state index in [1.54, 1.807) is 30.3 Å². The molecular weight excluding hydrogens is 389 g/mol. The van der Waals surface area contributed by atoms with Crippen LogP contribution >= 0.6 is 0 Å². The van der Waals surface area contributed by atoms with E-state index in [-0.39, 0.29) is 29.2 Å². The van der Waals surface area contributed by atoms with Crippen molar-refractivity contribution in [1.29, 1.82) is 0 Å². The first kappa shape index (κ1) is 21.9. The highest BCUT2D eigenvalue weighted by Crippen LogP contribution is 2.34. The molecule has 0 amide bonds. The highest BCUT2D eigenvalue weighted by atomic mass is 32.2. The van der Waals surface area contributed by atoms with Gasteiger partial charge in [-0.2, -0.15) is 8.42 Å². The topological polar surface area (TPSA) is 46.6 Å². The molecule has 2 atom stereocenters. The standard InChI is InChI=1S/C23H30FNO3S/c1-2-3-7-15-25-16-14-23(19-10-12-21(24)13-11-19)20(17-25)18-28-29(26,27)22-8-5-4-6-9-22/h4-6,8-13,20,23H,2-3,7,14-18H2,1H3/t20-,23+/m0/s1. The Morgan fingerprint density at radius 2 is 1.79 bits per heavy atom. The molecule has 0 saturated carbocycles. The summed E-state index contributed by atoms with van der Waals surface area (Å²) in [4.78, 5) is 2.58. The number of benzene rings is 2. The first-order valence-electron chi connectivity index (χ1n) is 10.4. The molecule has 0 N–H and O–H groups in total. The molecule has 0 unspecified atom stereocenters. The maximum Gasteiger partial charge on any atom is 0.296 e. The second kappa shape index (κ2) is 10.3. The van der Waals surface area contributed by atoms with E-state index in [9.17, 15) is 12.8 Å². The molecule has 0 aliphatic carbocycles. The van der Waals surface area contributed by atoms with Crippen molar-refractivity contribution in [3.63, 3.8) is 0 Å². The van der Waals surface area contributed by atoms with E-state index < -0.39 is 10.1 Å². The molecule has 1 fully saturated rings. The molecule has 1 heterocycles. The molecule has 2 aromatic carbocycles. The quantitative estimate of drug-likeness (QED) is 0.432. The lowest BCUT2D eigenvalue weighted by Crippen LogP contribution is -2.42. The summed E-state index contributed by atoms with van der Waals surface area (Å²) in [5.74, 6) is -0.0662. The summed E-state index contributed by atoms with van der Waals surface area (Å²) in [5, 5.41) is 0. The Kier molecular flexibility index (Phi) is 7.81. The average Bonchev–Trinajstić information content (AvgIpc) is 2.74. The lowest BCUT2D eigenvalue weighted by Gasteiger charge is -2.38. The van der Waals surface area contributed by atoms with Crippen LogP contribution in [0.15, 0.2) is 59.5 Å². The molecule has 1 aliphatic heterocycles. The Bertz CT molecular complexity index is 855. The number of nitrogens with zero attached hydrogens (tertiary/aromatic N) is 1. The predicted molar refractivity (Wildman–Crippen MR) is 113 cm³/mol. The fourth-order valence-corrected chi connectivity index (χ4v) is 5.03. The molecule has 0 radical (unpaired) electrons. The summed E-state index contributed by atoms with van der Waals surface area (Å²) in [6.45, 7) is 5.09. The van der Waals surface area contributed by atoms with E-state index in [2.05, 4.69) is 11.8 Å². The van der Waals surface area contributed by atoms with Crippen LogP contribution in [0.25, 0.3) is 0 Å². The maximum atomic E-state index is 13.4. The average molecular weight is 420 g/mol. The largest absolute Gasteiger partial charge is 0.303 e. The fraction of sp³-hybridized carbons (Fsp3) is 0.478. The van der Waals surface area contributed by atoms with Gasteiger partial charge >= 0.3 is 0 Å². The van der Waals surface area contributed by atoms with Gasteiger partial charge in [0.15, 0.2) is 0 Å². The Labute approximate surface area is 173 Å².